The Morgan fingerprint density at radius 1 is 0.936 bits per heavy atom. The molecule has 19 heteroatoms. The number of hydrogen-bond acceptors (Lipinski definition) is 10. The van der Waals surface area contributed by atoms with E-state index in [1.54, 1.807) is 0 Å². The van der Waals surface area contributed by atoms with Crippen molar-refractivity contribution in [3.05, 3.63) is 12.2 Å². The minimum Gasteiger partial charge on any atom is -0.458 e. The lowest BCUT2D eigenvalue weighted by Gasteiger charge is -2.42. The van der Waals surface area contributed by atoms with Gasteiger partial charge in [0.1, 0.15) is 18.3 Å². The van der Waals surface area contributed by atoms with Crippen LogP contribution in [0.25, 0.3) is 0 Å². The SMILES string of the molecule is C=C(C)C(=O)OC1CCC2(C(=O)OC(CC(C)(C)OCC(C)(O)C(F)(F)F)C(C)(C)OCC(O)(C(F)(F)F)C(F)(F)F)CC1OC2=O. The molecule has 10 nitrogen and oxygen atoms in total. The van der Waals surface area contributed by atoms with E-state index >= 15 is 0 Å². The molecule has 0 aromatic carbocycles. The Kier molecular flexibility index (Phi) is 11.2. The van der Waals surface area contributed by atoms with E-state index < -0.39 is 109 Å². The second-order valence-corrected chi connectivity index (χ2v) is 13.2. The number of esters is 3. The third-order valence-corrected chi connectivity index (χ3v) is 8.11. The van der Waals surface area contributed by atoms with Gasteiger partial charge in [-0.1, -0.05) is 6.58 Å². The Balaban J connectivity index is 2.42. The molecule has 0 aromatic rings. The largest absolute Gasteiger partial charge is 0.458 e. The van der Waals surface area contributed by atoms with Gasteiger partial charge in [0.05, 0.1) is 24.4 Å². The van der Waals surface area contributed by atoms with Crippen molar-refractivity contribution < 1.29 is 87.8 Å². The monoisotopic (exact) mass is 704 g/mol. The van der Waals surface area contributed by atoms with Gasteiger partial charge in [-0.05, 0) is 54.4 Å². The molecule has 5 atom stereocenters. The fourth-order valence-corrected chi connectivity index (χ4v) is 4.65. The van der Waals surface area contributed by atoms with Crippen molar-refractivity contribution in [2.24, 2.45) is 5.41 Å². The zero-order chi connectivity index (χ0) is 36.8. The molecule has 0 spiro atoms. The van der Waals surface area contributed by atoms with E-state index in [9.17, 15) is 64.1 Å². The molecule has 0 radical (unpaired) electrons. The third kappa shape index (κ3) is 8.70. The summed E-state index contributed by atoms with van der Waals surface area (Å²) in [6.07, 6.45) is -23.4. The van der Waals surface area contributed by atoms with Crippen LogP contribution in [-0.2, 0) is 38.1 Å². The number of rotatable bonds is 13. The van der Waals surface area contributed by atoms with Crippen LogP contribution >= 0.6 is 0 Å². The van der Waals surface area contributed by atoms with E-state index in [-0.39, 0.29) is 18.4 Å². The summed E-state index contributed by atoms with van der Waals surface area (Å²) in [6, 6.07) is 0. The summed E-state index contributed by atoms with van der Waals surface area (Å²) >= 11 is 0. The molecule has 2 rings (SSSR count). The van der Waals surface area contributed by atoms with E-state index in [1.165, 1.54) is 6.92 Å². The van der Waals surface area contributed by atoms with Crippen molar-refractivity contribution in [2.75, 3.05) is 13.2 Å². The average Bonchev–Trinajstić information content (AvgIpc) is 3.16. The predicted octanol–water partition coefficient (Wildman–Crippen LogP) is 4.63. The fraction of sp³-hybridized carbons (Fsp3) is 0.821. The molecule has 47 heavy (non-hydrogen) atoms. The molecule has 0 amide bonds. The third-order valence-electron chi connectivity index (χ3n) is 8.11. The second-order valence-electron chi connectivity index (χ2n) is 13.2. The van der Waals surface area contributed by atoms with E-state index in [0.29, 0.717) is 6.92 Å². The number of halogens is 9. The molecule has 1 saturated heterocycles. The van der Waals surface area contributed by atoms with Crippen molar-refractivity contribution in [1.29, 1.82) is 0 Å². The van der Waals surface area contributed by atoms with Crippen molar-refractivity contribution in [3.63, 3.8) is 0 Å². The van der Waals surface area contributed by atoms with Gasteiger partial charge in [0.25, 0.3) is 5.60 Å². The lowest BCUT2D eigenvalue weighted by atomic mass is 9.74. The number of ether oxygens (including phenoxy) is 5. The van der Waals surface area contributed by atoms with Crippen LogP contribution in [-0.4, -0.2) is 101 Å². The molecule has 1 heterocycles. The molecule has 1 saturated carbocycles. The molecule has 2 aliphatic rings. The minimum atomic E-state index is -6.28. The summed E-state index contributed by atoms with van der Waals surface area (Å²) in [5.41, 5.74) is -15.0. The van der Waals surface area contributed by atoms with Gasteiger partial charge in [0, 0.05) is 18.4 Å². The van der Waals surface area contributed by atoms with Crippen LogP contribution in [0.1, 0.15) is 67.2 Å². The minimum absolute atomic E-state index is 0.0279. The number of carbonyl (C=O) groups is 3. The van der Waals surface area contributed by atoms with Crippen LogP contribution in [0.5, 0.6) is 0 Å². The van der Waals surface area contributed by atoms with Crippen LogP contribution < -0.4 is 0 Å². The van der Waals surface area contributed by atoms with Crippen molar-refractivity contribution in [2.45, 2.75) is 126 Å². The highest BCUT2D eigenvalue weighted by atomic mass is 19.4. The maximum Gasteiger partial charge on any atom is 0.428 e. The van der Waals surface area contributed by atoms with Gasteiger partial charge in [-0.15, -0.1) is 0 Å². The predicted molar refractivity (Wildman–Crippen MR) is 139 cm³/mol. The molecule has 5 unspecified atom stereocenters. The quantitative estimate of drug-likeness (QED) is 0.0918. The lowest BCUT2D eigenvalue weighted by Crippen LogP contribution is -2.62. The number of fused-ring (bicyclic) bond motifs is 2. The maximum atomic E-state index is 13.6. The zero-order valence-corrected chi connectivity index (χ0v) is 26.2. The Morgan fingerprint density at radius 2 is 1.47 bits per heavy atom. The van der Waals surface area contributed by atoms with Gasteiger partial charge in [-0.2, -0.15) is 39.5 Å². The topological polar surface area (TPSA) is 138 Å². The van der Waals surface area contributed by atoms with Crippen LogP contribution in [0.15, 0.2) is 12.2 Å². The highest BCUT2D eigenvalue weighted by molar-refractivity contribution is 6.02. The van der Waals surface area contributed by atoms with E-state index in [0.717, 1.165) is 27.7 Å². The normalized spacial score (nSPS) is 24.7. The van der Waals surface area contributed by atoms with Crippen LogP contribution in [0, 0.1) is 5.41 Å². The van der Waals surface area contributed by atoms with Gasteiger partial charge >= 0.3 is 36.4 Å². The van der Waals surface area contributed by atoms with Gasteiger partial charge in [0.2, 0.25) is 0 Å². The fourth-order valence-electron chi connectivity index (χ4n) is 4.65. The van der Waals surface area contributed by atoms with Gasteiger partial charge < -0.3 is 33.9 Å². The Hall–Kier alpha value is -2.64. The second kappa shape index (κ2) is 13.0. The van der Waals surface area contributed by atoms with Gasteiger partial charge in [-0.25, -0.2) is 4.79 Å². The van der Waals surface area contributed by atoms with Crippen LogP contribution in [0.3, 0.4) is 0 Å². The van der Waals surface area contributed by atoms with Gasteiger partial charge in [-0.3, -0.25) is 9.59 Å². The van der Waals surface area contributed by atoms with E-state index in [4.69, 9.17) is 23.7 Å². The number of hydrogen-bond donors (Lipinski definition) is 2. The summed E-state index contributed by atoms with van der Waals surface area (Å²) in [5, 5.41) is 19.4. The van der Waals surface area contributed by atoms with E-state index in [1.807, 2.05) is 0 Å². The van der Waals surface area contributed by atoms with E-state index in [2.05, 4.69) is 6.58 Å². The molecule has 0 aromatic heterocycles. The molecule has 2 N–H and O–H groups in total. The first-order valence-electron chi connectivity index (χ1n) is 14.0. The molecule has 272 valence electrons. The first kappa shape index (κ1) is 40.5. The molecule has 2 fully saturated rings. The van der Waals surface area contributed by atoms with Crippen LogP contribution in [0.2, 0.25) is 0 Å². The Labute approximate surface area is 263 Å². The summed E-state index contributed by atoms with van der Waals surface area (Å²) < 4.78 is 146. The summed E-state index contributed by atoms with van der Waals surface area (Å²) in [5.74, 6) is -3.30. The first-order chi connectivity index (χ1) is 20.8. The molecular formula is C28H37F9O10. The molecular weight excluding hydrogens is 667 g/mol. The molecule has 1 aliphatic carbocycles. The van der Waals surface area contributed by atoms with Crippen molar-refractivity contribution in [1.82, 2.24) is 0 Å². The van der Waals surface area contributed by atoms with Gasteiger partial charge in [0.15, 0.2) is 11.0 Å². The summed E-state index contributed by atoms with van der Waals surface area (Å²) in [4.78, 5) is 38.5. The highest BCUT2D eigenvalue weighted by Gasteiger charge is 2.71. The standard InChI is InChI=1S/C28H37F9O10/c1-14(2)18(38)45-15-8-9-24(10-16(15)46-19(24)39)20(40)47-17(11-21(3,4)43-12-23(7,41)26(29,30)31)22(5,6)44-13-25(42,27(32,33)34)28(35,36)37/h15-17,41-42H,1,8-13H2,2-7H3. The highest BCUT2D eigenvalue weighted by Crippen LogP contribution is 2.48. The lowest BCUT2D eigenvalue weighted by molar-refractivity contribution is -0.384. The summed E-state index contributed by atoms with van der Waals surface area (Å²) in [6.45, 7) is 5.33. The van der Waals surface area contributed by atoms with Crippen molar-refractivity contribution in [3.8, 4) is 0 Å². The Morgan fingerprint density at radius 3 is 1.94 bits per heavy atom. The number of alkyl halides is 9. The van der Waals surface area contributed by atoms with Crippen LogP contribution in [0.4, 0.5) is 39.5 Å². The Bertz CT molecular complexity index is 1190. The maximum absolute atomic E-state index is 13.6. The number of aliphatic hydroxyl groups is 2. The van der Waals surface area contributed by atoms with Crippen molar-refractivity contribution >= 4 is 17.9 Å². The smallest absolute Gasteiger partial charge is 0.428 e. The summed E-state index contributed by atoms with van der Waals surface area (Å²) in [7, 11) is 0. The molecule has 1 aliphatic heterocycles. The number of carbonyl (C=O) groups excluding carboxylic acids is 3. The zero-order valence-electron chi connectivity index (χ0n) is 26.2. The molecule has 2 bridgehead atoms. The first-order valence-corrected chi connectivity index (χ1v) is 14.0. The average molecular weight is 705 g/mol.